The number of rotatable bonds is 8. The number of anilines is 2. The minimum Gasteiger partial charge on any atom is -0.383 e. The van der Waals surface area contributed by atoms with E-state index in [1.807, 2.05) is 37.1 Å². The lowest BCUT2D eigenvalue weighted by Crippen LogP contribution is -2.37. The van der Waals surface area contributed by atoms with E-state index in [1.165, 1.54) is 10.1 Å². The molecule has 3 N–H and O–H groups in total. The van der Waals surface area contributed by atoms with Gasteiger partial charge in [0.1, 0.15) is 11.5 Å². The Balaban J connectivity index is 2.12. The van der Waals surface area contributed by atoms with Gasteiger partial charge in [0.05, 0.1) is 0 Å². The molecule has 1 heterocycles. The molecule has 0 atom stereocenters. The zero-order valence-corrected chi connectivity index (χ0v) is 14.4. The lowest BCUT2D eigenvalue weighted by Gasteiger charge is -2.21. The third-order valence-electron chi connectivity index (χ3n) is 4.13. The van der Waals surface area contributed by atoms with E-state index in [2.05, 4.69) is 17.1 Å². The summed E-state index contributed by atoms with van der Waals surface area (Å²) in [5.41, 5.74) is 6.89. The largest absolute Gasteiger partial charge is 0.383 e. The van der Waals surface area contributed by atoms with Crippen LogP contribution >= 0.6 is 0 Å². The molecule has 6 heteroatoms. The van der Waals surface area contributed by atoms with Crippen LogP contribution in [0.3, 0.4) is 0 Å². The zero-order chi connectivity index (χ0) is 17.5. The first-order valence-electron chi connectivity index (χ1n) is 8.42. The second-order valence-corrected chi connectivity index (χ2v) is 6.01. The van der Waals surface area contributed by atoms with Crippen molar-refractivity contribution in [2.45, 2.75) is 39.2 Å². The highest BCUT2D eigenvalue weighted by Gasteiger charge is 2.15. The van der Waals surface area contributed by atoms with Crippen molar-refractivity contribution in [3.8, 4) is 0 Å². The molecule has 24 heavy (non-hydrogen) atoms. The molecule has 0 fully saturated rings. The second kappa shape index (κ2) is 8.38. The van der Waals surface area contributed by atoms with Crippen LogP contribution in [0.1, 0.15) is 31.7 Å². The fraction of sp³-hybridized carbons (Fsp3) is 0.444. The number of H-pyrrole nitrogens is 1. The summed E-state index contributed by atoms with van der Waals surface area (Å²) in [6.07, 6.45) is 3.62. The summed E-state index contributed by atoms with van der Waals surface area (Å²) in [6.45, 7) is 3.25. The molecular weight excluding hydrogens is 304 g/mol. The van der Waals surface area contributed by atoms with Gasteiger partial charge in [0.15, 0.2) is 0 Å². The first kappa shape index (κ1) is 17.8. The first-order chi connectivity index (χ1) is 11.5. The van der Waals surface area contributed by atoms with E-state index in [0.717, 1.165) is 25.7 Å². The van der Waals surface area contributed by atoms with Gasteiger partial charge in [-0.25, -0.2) is 4.79 Å². The number of aromatic nitrogens is 2. The molecule has 2 rings (SSSR count). The smallest absolute Gasteiger partial charge is 0.330 e. The van der Waals surface area contributed by atoms with Crippen LogP contribution in [-0.2, 0) is 13.0 Å². The van der Waals surface area contributed by atoms with Crippen LogP contribution in [0.5, 0.6) is 0 Å². The first-order valence-corrected chi connectivity index (χ1v) is 8.42. The number of hydrogen-bond acceptors (Lipinski definition) is 4. The number of aryl methyl sites for hydroxylation is 1. The normalized spacial score (nSPS) is 10.8. The lowest BCUT2D eigenvalue weighted by molar-refractivity contribution is 0.603. The Labute approximate surface area is 141 Å². The number of hydrogen-bond donors (Lipinski definition) is 2. The number of nitrogens with zero attached hydrogens (tertiary/aromatic N) is 2. The molecule has 1 aromatic carbocycles. The van der Waals surface area contributed by atoms with E-state index in [4.69, 9.17) is 5.73 Å². The number of benzene rings is 1. The maximum Gasteiger partial charge on any atom is 0.330 e. The Morgan fingerprint density at radius 3 is 2.54 bits per heavy atom. The summed E-state index contributed by atoms with van der Waals surface area (Å²) in [7, 11) is 1.83. The topological polar surface area (TPSA) is 84.1 Å². The van der Waals surface area contributed by atoms with Crippen LogP contribution in [-0.4, -0.2) is 23.1 Å². The minimum atomic E-state index is -0.438. The predicted molar refractivity (Wildman–Crippen MR) is 98.7 cm³/mol. The van der Waals surface area contributed by atoms with Crippen molar-refractivity contribution < 1.29 is 0 Å². The Kier molecular flexibility index (Phi) is 6.23. The summed E-state index contributed by atoms with van der Waals surface area (Å²) >= 11 is 0. The molecule has 0 saturated heterocycles. The molecule has 0 radical (unpaired) electrons. The van der Waals surface area contributed by atoms with Crippen LogP contribution in [0.4, 0.5) is 11.5 Å². The van der Waals surface area contributed by atoms with Crippen molar-refractivity contribution in [3.63, 3.8) is 0 Å². The molecule has 130 valence electrons. The number of aromatic amines is 1. The van der Waals surface area contributed by atoms with E-state index in [9.17, 15) is 9.59 Å². The van der Waals surface area contributed by atoms with Gasteiger partial charge in [0, 0.05) is 20.1 Å². The van der Waals surface area contributed by atoms with Gasteiger partial charge in [0.25, 0.3) is 5.56 Å². The van der Waals surface area contributed by atoms with Crippen molar-refractivity contribution in [2.24, 2.45) is 0 Å². The third kappa shape index (κ3) is 4.28. The molecule has 6 nitrogen and oxygen atoms in total. The van der Waals surface area contributed by atoms with Crippen molar-refractivity contribution >= 4 is 11.5 Å². The number of unbranched alkanes of at least 4 members (excludes halogenated alkanes) is 1. The Morgan fingerprint density at radius 1 is 1.17 bits per heavy atom. The minimum absolute atomic E-state index is 0.249. The van der Waals surface area contributed by atoms with Gasteiger partial charge >= 0.3 is 5.69 Å². The summed E-state index contributed by atoms with van der Waals surface area (Å²) in [5.74, 6) is 0.249. The SMILES string of the molecule is CCCCn1c(N)c(N(C)CCCc2ccccc2)c(=O)[nH]c1=O. The van der Waals surface area contributed by atoms with Crippen molar-refractivity contribution in [3.05, 3.63) is 56.7 Å². The molecule has 0 unspecified atom stereocenters. The van der Waals surface area contributed by atoms with Gasteiger partial charge < -0.3 is 10.6 Å². The van der Waals surface area contributed by atoms with Crippen LogP contribution in [0.15, 0.2) is 39.9 Å². The van der Waals surface area contributed by atoms with Crippen molar-refractivity contribution in [1.82, 2.24) is 9.55 Å². The summed E-state index contributed by atoms with van der Waals surface area (Å²) < 4.78 is 1.45. The van der Waals surface area contributed by atoms with Crippen LogP contribution in [0.25, 0.3) is 0 Å². The number of nitrogens with two attached hydrogens (primary N) is 1. The van der Waals surface area contributed by atoms with E-state index in [-0.39, 0.29) is 5.82 Å². The van der Waals surface area contributed by atoms with Crippen molar-refractivity contribution in [2.75, 3.05) is 24.2 Å². The van der Waals surface area contributed by atoms with Crippen LogP contribution in [0, 0.1) is 0 Å². The molecule has 0 aliphatic rings. The summed E-state index contributed by atoms with van der Waals surface area (Å²) in [6, 6.07) is 10.2. The monoisotopic (exact) mass is 330 g/mol. The Bertz CT molecular complexity index is 765. The van der Waals surface area contributed by atoms with Gasteiger partial charge in [-0.1, -0.05) is 43.7 Å². The number of nitrogens with one attached hydrogen (secondary N) is 1. The molecule has 0 amide bonds. The van der Waals surface area contributed by atoms with Crippen LogP contribution in [0.2, 0.25) is 0 Å². The fourth-order valence-electron chi connectivity index (χ4n) is 2.76. The lowest BCUT2D eigenvalue weighted by atomic mass is 10.1. The van der Waals surface area contributed by atoms with Crippen LogP contribution < -0.4 is 21.9 Å². The zero-order valence-electron chi connectivity index (χ0n) is 14.4. The standard InChI is InChI=1S/C18H26N4O2/c1-3-4-13-22-16(19)15(17(23)20-18(22)24)21(2)12-8-11-14-9-6-5-7-10-14/h5-7,9-10H,3-4,8,11-13,19H2,1-2H3,(H,20,23,24). The maximum absolute atomic E-state index is 12.2. The molecule has 0 aliphatic carbocycles. The van der Waals surface area contributed by atoms with E-state index in [1.54, 1.807) is 0 Å². The average Bonchev–Trinajstić information content (AvgIpc) is 2.55. The van der Waals surface area contributed by atoms with Gasteiger partial charge in [0.2, 0.25) is 0 Å². The quantitative estimate of drug-likeness (QED) is 0.775. The van der Waals surface area contributed by atoms with Gasteiger partial charge in [-0.2, -0.15) is 0 Å². The molecule has 0 saturated carbocycles. The predicted octanol–water partition coefficient (Wildman–Crippen LogP) is 1.99. The highest BCUT2D eigenvalue weighted by molar-refractivity contribution is 5.61. The van der Waals surface area contributed by atoms with Gasteiger partial charge in [-0.05, 0) is 24.8 Å². The summed E-state index contributed by atoms with van der Waals surface area (Å²) in [4.78, 5) is 28.3. The molecule has 0 bridgehead atoms. The molecule has 2 aromatic rings. The molecule has 0 spiro atoms. The van der Waals surface area contributed by atoms with Crippen molar-refractivity contribution in [1.29, 1.82) is 0 Å². The number of nitrogen functional groups attached to an aromatic ring is 1. The fourth-order valence-corrected chi connectivity index (χ4v) is 2.76. The highest BCUT2D eigenvalue weighted by Crippen LogP contribution is 2.16. The molecule has 1 aromatic heterocycles. The maximum atomic E-state index is 12.2. The molecule has 0 aliphatic heterocycles. The van der Waals surface area contributed by atoms with E-state index in [0.29, 0.717) is 18.8 Å². The third-order valence-corrected chi connectivity index (χ3v) is 4.13. The Morgan fingerprint density at radius 2 is 1.88 bits per heavy atom. The molecular formula is C18H26N4O2. The van der Waals surface area contributed by atoms with Gasteiger partial charge in [-0.15, -0.1) is 0 Å². The second-order valence-electron chi connectivity index (χ2n) is 6.01. The van der Waals surface area contributed by atoms with E-state index >= 15 is 0 Å². The Hall–Kier alpha value is -2.50. The van der Waals surface area contributed by atoms with Gasteiger partial charge in [-0.3, -0.25) is 14.3 Å². The average molecular weight is 330 g/mol. The summed E-state index contributed by atoms with van der Waals surface area (Å²) in [5, 5.41) is 0. The van der Waals surface area contributed by atoms with E-state index < -0.39 is 11.2 Å². The highest BCUT2D eigenvalue weighted by atomic mass is 16.2.